The SMILES string of the molecule is CC(=O)Nc1ccc(S(=O)(=O)N2CCN(C(=O)CSc3nnc(-c4ccccc4)c(-c4ccccc4)n3)CC2)cc1F. The number of carbonyl (C=O) groups is 2. The van der Waals surface area contributed by atoms with Gasteiger partial charge in [0.05, 0.1) is 16.3 Å². The van der Waals surface area contributed by atoms with Crippen LogP contribution in [0.2, 0.25) is 0 Å². The Balaban J connectivity index is 1.22. The Labute approximate surface area is 247 Å². The quantitative estimate of drug-likeness (QED) is 0.299. The number of sulfonamides is 1. The van der Waals surface area contributed by atoms with Crippen LogP contribution in [0.15, 0.2) is 88.9 Å². The van der Waals surface area contributed by atoms with Gasteiger partial charge in [-0.3, -0.25) is 9.59 Å². The van der Waals surface area contributed by atoms with Crippen LogP contribution < -0.4 is 5.32 Å². The van der Waals surface area contributed by atoms with Crippen molar-refractivity contribution in [3.05, 3.63) is 84.7 Å². The van der Waals surface area contributed by atoms with Crippen LogP contribution in [-0.2, 0) is 19.6 Å². The summed E-state index contributed by atoms with van der Waals surface area (Å²) in [6.45, 7) is 1.74. The van der Waals surface area contributed by atoms with E-state index in [-0.39, 0.29) is 48.4 Å². The molecule has 1 fully saturated rings. The van der Waals surface area contributed by atoms with Crippen LogP contribution in [0.5, 0.6) is 0 Å². The van der Waals surface area contributed by atoms with Crippen LogP contribution in [0.1, 0.15) is 6.92 Å². The fourth-order valence-corrected chi connectivity index (χ4v) is 6.58. The molecule has 42 heavy (non-hydrogen) atoms. The average Bonchev–Trinajstić information content (AvgIpc) is 3.01. The highest BCUT2D eigenvalue weighted by Crippen LogP contribution is 2.30. The summed E-state index contributed by atoms with van der Waals surface area (Å²) in [4.78, 5) is 30.3. The van der Waals surface area contributed by atoms with Gasteiger partial charge in [-0.1, -0.05) is 72.4 Å². The summed E-state index contributed by atoms with van der Waals surface area (Å²) in [5.74, 6) is -1.43. The number of rotatable bonds is 8. The molecule has 2 amide bonds. The van der Waals surface area contributed by atoms with Crippen molar-refractivity contribution >= 4 is 39.3 Å². The van der Waals surface area contributed by atoms with Crippen molar-refractivity contribution in [3.63, 3.8) is 0 Å². The maximum atomic E-state index is 14.4. The van der Waals surface area contributed by atoms with Crippen molar-refractivity contribution in [1.29, 1.82) is 0 Å². The average molecular weight is 607 g/mol. The molecule has 0 unspecified atom stereocenters. The van der Waals surface area contributed by atoms with Gasteiger partial charge < -0.3 is 10.2 Å². The first-order valence-corrected chi connectivity index (χ1v) is 15.5. The van der Waals surface area contributed by atoms with Crippen LogP contribution >= 0.6 is 11.8 Å². The predicted octanol–water partition coefficient (Wildman–Crippen LogP) is 3.93. The monoisotopic (exact) mass is 606 g/mol. The Bertz CT molecular complexity index is 1700. The number of thioether (sulfide) groups is 1. The number of nitrogens with one attached hydrogen (secondary N) is 1. The van der Waals surface area contributed by atoms with Gasteiger partial charge in [0.15, 0.2) is 0 Å². The number of piperazine rings is 1. The molecular formula is C29H27FN6O4S2. The lowest BCUT2D eigenvalue weighted by Gasteiger charge is -2.34. The largest absolute Gasteiger partial charge is 0.339 e. The zero-order valence-electron chi connectivity index (χ0n) is 22.6. The smallest absolute Gasteiger partial charge is 0.243 e. The third kappa shape index (κ3) is 6.64. The van der Waals surface area contributed by atoms with Crippen molar-refractivity contribution in [2.24, 2.45) is 0 Å². The third-order valence-electron chi connectivity index (χ3n) is 6.57. The molecule has 5 rings (SSSR count). The summed E-state index contributed by atoms with van der Waals surface area (Å²) < 4.78 is 41.7. The summed E-state index contributed by atoms with van der Waals surface area (Å²) >= 11 is 1.17. The molecule has 1 aliphatic rings. The first-order valence-electron chi connectivity index (χ1n) is 13.1. The molecule has 1 N–H and O–H groups in total. The lowest BCUT2D eigenvalue weighted by atomic mass is 10.0. The van der Waals surface area contributed by atoms with Gasteiger partial charge in [0, 0.05) is 44.2 Å². The van der Waals surface area contributed by atoms with Crippen LogP contribution in [0, 0.1) is 5.82 Å². The summed E-state index contributed by atoms with van der Waals surface area (Å²) in [5.41, 5.74) is 2.95. The maximum absolute atomic E-state index is 14.4. The minimum Gasteiger partial charge on any atom is -0.339 e. The van der Waals surface area contributed by atoms with Crippen molar-refractivity contribution in [2.75, 3.05) is 37.2 Å². The van der Waals surface area contributed by atoms with Gasteiger partial charge in [-0.2, -0.15) is 4.31 Å². The van der Waals surface area contributed by atoms with Crippen LogP contribution in [0.25, 0.3) is 22.5 Å². The van der Waals surface area contributed by atoms with Gasteiger partial charge >= 0.3 is 0 Å². The summed E-state index contributed by atoms with van der Waals surface area (Å²) in [5, 5.41) is 11.4. The highest BCUT2D eigenvalue weighted by Gasteiger charge is 2.31. The molecule has 0 radical (unpaired) electrons. The molecule has 0 bridgehead atoms. The minimum atomic E-state index is -3.98. The van der Waals surface area contributed by atoms with Crippen molar-refractivity contribution in [2.45, 2.75) is 17.0 Å². The van der Waals surface area contributed by atoms with Gasteiger partial charge in [0.2, 0.25) is 27.0 Å². The Kier molecular flexibility index (Phi) is 8.90. The van der Waals surface area contributed by atoms with Gasteiger partial charge in [0.25, 0.3) is 0 Å². The second kappa shape index (κ2) is 12.8. The molecule has 1 saturated heterocycles. The van der Waals surface area contributed by atoms with Crippen molar-refractivity contribution in [1.82, 2.24) is 24.4 Å². The number of carbonyl (C=O) groups excluding carboxylic acids is 2. The number of hydrogen-bond acceptors (Lipinski definition) is 8. The van der Waals surface area contributed by atoms with E-state index in [9.17, 15) is 22.4 Å². The molecule has 216 valence electrons. The Hall–Kier alpha value is -4.20. The molecule has 0 atom stereocenters. The van der Waals surface area contributed by atoms with E-state index >= 15 is 0 Å². The van der Waals surface area contributed by atoms with E-state index in [0.717, 1.165) is 17.2 Å². The zero-order chi connectivity index (χ0) is 29.7. The Morgan fingerprint density at radius 1 is 0.881 bits per heavy atom. The fraction of sp³-hybridized carbons (Fsp3) is 0.207. The first kappa shape index (κ1) is 29.3. The molecule has 1 aromatic heterocycles. The topological polar surface area (TPSA) is 125 Å². The number of aromatic nitrogens is 3. The van der Waals surface area contributed by atoms with Gasteiger partial charge in [-0.05, 0) is 18.2 Å². The van der Waals surface area contributed by atoms with E-state index in [1.807, 2.05) is 60.7 Å². The van der Waals surface area contributed by atoms with E-state index in [1.165, 1.54) is 35.1 Å². The number of halogens is 1. The fourth-order valence-electron chi connectivity index (χ4n) is 4.45. The summed E-state index contributed by atoms with van der Waals surface area (Å²) in [7, 11) is -3.98. The molecule has 13 heteroatoms. The van der Waals surface area contributed by atoms with Gasteiger partial charge in [-0.25, -0.2) is 17.8 Å². The lowest BCUT2D eigenvalue weighted by Crippen LogP contribution is -2.51. The number of amides is 2. The van der Waals surface area contributed by atoms with E-state index in [4.69, 9.17) is 4.98 Å². The molecule has 0 aliphatic carbocycles. The number of nitrogens with zero attached hydrogens (tertiary/aromatic N) is 5. The third-order valence-corrected chi connectivity index (χ3v) is 9.28. The molecular weight excluding hydrogens is 579 g/mol. The number of hydrogen-bond donors (Lipinski definition) is 1. The van der Waals surface area contributed by atoms with E-state index in [0.29, 0.717) is 16.5 Å². The lowest BCUT2D eigenvalue weighted by molar-refractivity contribution is -0.129. The number of benzene rings is 3. The highest BCUT2D eigenvalue weighted by atomic mass is 32.2. The zero-order valence-corrected chi connectivity index (χ0v) is 24.2. The van der Waals surface area contributed by atoms with E-state index in [2.05, 4.69) is 15.5 Å². The van der Waals surface area contributed by atoms with Crippen molar-refractivity contribution < 1.29 is 22.4 Å². The van der Waals surface area contributed by atoms with Crippen molar-refractivity contribution in [3.8, 4) is 22.5 Å². The number of anilines is 1. The summed E-state index contributed by atoms with van der Waals surface area (Å²) in [6.07, 6.45) is 0. The van der Waals surface area contributed by atoms with Crippen LogP contribution in [0.3, 0.4) is 0 Å². The molecule has 10 nitrogen and oxygen atoms in total. The van der Waals surface area contributed by atoms with E-state index < -0.39 is 21.7 Å². The molecule has 0 spiro atoms. The minimum absolute atomic E-state index is 0.0587. The van der Waals surface area contributed by atoms with Gasteiger partial charge in [-0.15, -0.1) is 10.2 Å². The Morgan fingerprint density at radius 2 is 1.50 bits per heavy atom. The summed E-state index contributed by atoms with van der Waals surface area (Å²) in [6, 6.07) is 22.6. The maximum Gasteiger partial charge on any atom is 0.243 e. The molecule has 0 saturated carbocycles. The normalized spacial score (nSPS) is 14.0. The molecule has 1 aliphatic heterocycles. The second-order valence-electron chi connectivity index (χ2n) is 9.42. The molecule has 4 aromatic rings. The Morgan fingerprint density at radius 3 is 2.10 bits per heavy atom. The van der Waals surface area contributed by atoms with E-state index in [1.54, 1.807) is 4.90 Å². The molecule has 2 heterocycles. The predicted molar refractivity (Wildman–Crippen MR) is 157 cm³/mol. The van der Waals surface area contributed by atoms with Crippen LogP contribution in [0.4, 0.5) is 10.1 Å². The van der Waals surface area contributed by atoms with Gasteiger partial charge in [0.1, 0.15) is 17.2 Å². The first-order chi connectivity index (χ1) is 20.2. The highest BCUT2D eigenvalue weighted by molar-refractivity contribution is 7.99. The standard InChI is InChI=1S/C29H27FN6O4S2/c1-20(37)31-25-13-12-23(18-24(25)30)42(39,40)36-16-14-35(15-17-36)26(38)19-41-29-32-27(21-8-4-2-5-9-21)28(33-34-29)22-10-6-3-7-11-22/h2-13,18H,14-17,19H2,1H3,(H,31,37). The molecule has 3 aromatic carbocycles. The second-order valence-corrected chi connectivity index (χ2v) is 12.3. The van der Waals surface area contributed by atoms with Crippen LogP contribution in [-0.4, -0.2) is 76.6 Å².